The van der Waals surface area contributed by atoms with Gasteiger partial charge in [0.05, 0.1) is 19.8 Å². The molecule has 3 N–H and O–H groups in total. The van der Waals surface area contributed by atoms with Crippen LogP contribution in [0, 0.1) is 0 Å². The van der Waals surface area contributed by atoms with E-state index in [4.69, 9.17) is 21.1 Å². The molecule has 29 heavy (non-hydrogen) atoms. The molecule has 0 fully saturated rings. The fraction of sp³-hybridized carbons (Fsp3) is 0.333. The highest BCUT2D eigenvalue weighted by Crippen LogP contribution is 2.30. The van der Waals surface area contributed by atoms with Gasteiger partial charge in [-0.15, -0.1) is 0 Å². The second-order valence-corrected chi connectivity index (χ2v) is 6.62. The quantitative estimate of drug-likeness (QED) is 0.568. The fourth-order valence-corrected chi connectivity index (χ4v) is 2.70. The number of carbonyl (C=O) groups excluding carboxylic acids is 2. The zero-order valence-corrected chi connectivity index (χ0v) is 17.5. The van der Waals surface area contributed by atoms with Gasteiger partial charge in [-0.05, 0) is 50.6 Å². The Balaban J connectivity index is 1.85. The number of hydrogen-bond acceptors (Lipinski definition) is 5. The van der Waals surface area contributed by atoms with Crippen LogP contribution in [0.1, 0.15) is 32.4 Å². The molecule has 0 aromatic heterocycles. The van der Waals surface area contributed by atoms with E-state index in [-0.39, 0.29) is 12.6 Å². The van der Waals surface area contributed by atoms with Gasteiger partial charge in [-0.25, -0.2) is 4.79 Å². The van der Waals surface area contributed by atoms with E-state index in [1.807, 2.05) is 32.9 Å². The van der Waals surface area contributed by atoms with Gasteiger partial charge in [0.25, 0.3) is 0 Å². The van der Waals surface area contributed by atoms with E-state index < -0.39 is 11.9 Å². The van der Waals surface area contributed by atoms with Gasteiger partial charge in [0, 0.05) is 22.8 Å². The van der Waals surface area contributed by atoms with E-state index in [2.05, 4.69) is 16.0 Å². The lowest BCUT2D eigenvalue weighted by molar-refractivity contribution is -0.119. The van der Waals surface area contributed by atoms with Gasteiger partial charge >= 0.3 is 6.03 Å². The lowest BCUT2D eigenvalue weighted by Gasteiger charge is -2.15. The number of nitrogens with one attached hydrogen (secondary N) is 3. The van der Waals surface area contributed by atoms with E-state index in [1.165, 1.54) is 0 Å². The maximum Gasteiger partial charge on any atom is 0.325 e. The summed E-state index contributed by atoms with van der Waals surface area (Å²) in [4.78, 5) is 24.1. The largest absolute Gasteiger partial charge is 0.490 e. The van der Waals surface area contributed by atoms with E-state index >= 15 is 0 Å². The van der Waals surface area contributed by atoms with Crippen LogP contribution in [0.2, 0.25) is 5.02 Å². The van der Waals surface area contributed by atoms with Gasteiger partial charge in [-0.3, -0.25) is 10.1 Å². The Labute approximate surface area is 175 Å². The highest BCUT2D eigenvalue weighted by molar-refractivity contribution is 6.30. The Morgan fingerprint density at radius 1 is 1.00 bits per heavy atom. The predicted molar refractivity (Wildman–Crippen MR) is 114 cm³/mol. The Morgan fingerprint density at radius 3 is 2.31 bits per heavy atom. The number of halogens is 1. The standard InChI is InChI=1S/C21H26ClN3O4/c1-4-28-18-11-10-17(12-19(18)29-5-2)24-21(27)25-20(26)13-23-14(3)15-6-8-16(22)9-7-15/h6-12,14,23H,4-5,13H2,1-3H3,(H2,24,25,26,27)/t14-/m1/s1. The molecule has 2 aromatic rings. The molecule has 0 saturated heterocycles. The molecule has 8 heteroatoms. The molecule has 0 aliphatic heterocycles. The van der Waals surface area contributed by atoms with Crippen LogP contribution in [0.5, 0.6) is 11.5 Å². The maximum absolute atomic E-state index is 12.1. The zero-order valence-electron chi connectivity index (χ0n) is 16.8. The van der Waals surface area contributed by atoms with Crippen molar-refractivity contribution in [2.24, 2.45) is 0 Å². The molecule has 2 aromatic carbocycles. The molecule has 0 unspecified atom stereocenters. The molecule has 0 heterocycles. The third-order valence-electron chi connectivity index (χ3n) is 3.99. The van der Waals surface area contributed by atoms with Crippen molar-refractivity contribution in [1.29, 1.82) is 0 Å². The highest BCUT2D eigenvalue weighted by atomic mass is 35.5. The number of amides is 3. The summed E-state index contributed by atoms with van der Waals surface area (Å²) in [5, 5.41) is 8.62. The number of anilines is 1. The highest BCUT2D eigenvalue weighted by Gasteiger charge is 2.12. The van der Waals surface area contributed by atoms with Crippen LogP contribution in [0.3, 0.4) is 0 Å². The minimum atomic E-state index is -0.623. The predicted octanol–water partition coefficient (Wildman–Crippen LogP) is 4.14. The number of hydrogen-bond donors (Lipinski definition) is 3. The van der Waals surface area contributed by atoms with Gasteiger partial charge in [-0.1, -0.05) is 23.7 Å². The lowest BCUT2D eigenvalue weighted by Crippen LogP contribution is -2.40. The van der Waals surface area contributed by atoms with Crippen LogP contribution in [0.15, 0.2) is 42.5 Å². The topological polar surface area (TPSA) is 88.7 Å². The number of carbonyl (C=O) groups is 2. The molecule has 0 spiro atoms. The molecule has 7 nitrogen and oxygen atoms in total. The summed E-state index contributed by atoms with van der Waals surface area (Å²) < 4.78 is 11.0. The summed E-state index contributed by atoms with van der Waals surface area (Å²) in [6, 6.07) is 11.7. The monoisotopic (exact) mass is 419 g/mol. The minimum Gasteiger partial charge on any atom is -0.490 e. The first-order valence-corrected chi connectivity index (χ1v) is 9.80. The number of benzene rings is 2. The van der Waals surface area contributed by atoms with Crippen molar-refractivity contribution in [2.75, 3.05) is 25.1 Å². The zero-order chi connectivity index (χ0) is 21.2. The molecule has 3 amide bonds. The molecule has 0 bridgehead atoms. The molecule has 2 rings (SSSR count). The third-order valence-corrected chi connectivity index (χ3v) is 4.24. The first-order valence-electron chi connectivity index (χ1n) is 9.42. The van der Waals surface area contributed by atoms with E-state index in [9.17, 15) is 9.59 Å². The molecular weight excluding hydrogens is 394 g/mol. The van der Waals surface area contributed by atoms with Crippen LogP contribution in [-0.4, -0.2) is 31.7 Å². The molecule has 0 radical (unpaired) electrons. The summed E-state index contributed by atoms with van der Waals surface area (Å²) in [6.45, 7) is 6.62. The Kier molecular flexibility index (Phi) is 8.76. The van der Waals surface area contributed by atoms with Gasteiger partial charge in [0.15, 0.2) is 11.5 Å². The van der Waals surface area contributed by atoms with Crippen LogP contribution in [0.4, 0.5) is 10.5 Å². The average molecular weight is 420 g/mol. The van der Waals surface area contributed by atoms with Gasteiger partial charge in [0.1, 0.15) is 0 Å². The number of imide groups is 1. The average Bonchev–Trinajstić information content (AvgIpc) is 2.69. The van der Waals surface area contributed by atoms with E-state index in [1.54, 1.807) is 30.3 Å². The molecule has 0 aliphatic rings. The molecule has 0 aliphatic carbocycles. The van der Waals surface area contributed by atoms with Gasteiger partial charge in [0.2, 0.25) is 5.91 Å². The maximum atomic E-state index is 12.1. The van der Waals surface area contributed by atoms with E-state index in [0.29, 0.717) is 35.4 Å². The smallest absolute Gasteiger partial charge is 0.325 e. The van der Waals surface area contributed by atoms with Crippen molar-refractivity contribution in [3.8, 4) is 11.5 Å². The normalized spacial score (nSPS) is 11.4. The Bertz CT molecular complexity index is 827. The van der Waals surface area contributed by atoms with Crippen LogP contribution in [-0.2, 0) is 4.79 Å². The summed E-state index contributed by atoms with van der Waals surface area (Å²) in [5.41, 5.74) is 1.48. The number of ether oxygens (including phenoxy) is 2. The molecule has 0 saturated carbocycles. The van der Waals surface area contributed by atoms with Gasteiger partial charge in [-0.2, -0.15) is 0 Å². The summed E-state index contributed by atoms with van der Waals surface area (Å²) in [7, 11) is 0. The second kappa shape index (κ2) is 11.3. The van der Waals surface area contributed by atoms with Crippen molar-refractivity contribution in [2.45, 2.75) is 26.8 Å². The fourth-order valence-electron chi connectivity index (χ4n) is 2.58. The Hall–Kier alpha value is -2.77. The third kappa shape index (κ3) is 7.29. The number of rotatable bonds is 9. The summed E-state index contributed by atoms with van der Waals surface area (Å²) in [5.74, 6) is 0.674. The lowest BCUT2D eigenvalue weighted by atomic mass is 10.1. The van der Waals surface area contributed by atoms with Crippen molar-refractivity contribution in [1.82, 2.24) is 10.6 Å². The first-order chi connectivity index (χ1) is 13.9. The van der Waals surface area contributed by atoms with Crippen molar-refractivity contribution < 1.29 is 19.1 Å². The van der Waals surface area contributed by atoms with Crippen LogP contribution < -0.4 is 25.4 Å². The van der Waals surface area contributed by atoms with Gasteiger partial charge < -0.3 is 20.1 Å². The van der Waals surface area contributed by atoms with Crippen molar-refractivity contribution in [3.05, 3.63) is 53.1 Å². The van der Waals surface area contributed by atoms with Crippen molar-refractivity contribution in [3.63, 3.8) is 0 Å². The molecule has 156 valence electrons. The summed E-state index contributed by atoms with van der Waals surface area (Å²) in [6.07, 6.45) is 0. The molecule has 1 atom stereocenters. The van der Waals surface area contributed by atoms with Crippen molar-refractivity contribution >= 4 is 29.2 Å². The van der Waals surface area contributed by atoms with E-state index in [0.717, 1.165) is 5.56 Å². The summed E-state index contributed by atoms with van der Waals surface area (Å²) >= 11 is 5.88. The first kappa shape index (κ1) is 22.5. The second-order valence-electron chi connectivity index (χ2n) is 6.18. The SMILES string of the molecule is CCOc1ccc(NC(=O)NC(=O)CN[C@H](C)c2ccc(Cl)cc2)cc1OCC. The van der Waals surface area contributed by atoms with Crippen LogP contribution >= 0.6 is 11.6 Å². The minimum absolute atomic E-state index is 0.00924. The van der Waals surface area contributed by atoms with Crippen LogP contribution in [0.25, 0.3) is 0 Å². The molecular formula is C21H26ClN3O4. The number of urea groups is 1. The Morgan fingerprint density at radius 2 is 1.66 bits per heavy atom.